The second-order valence-electron chi connectivity index (χ2n) is 9.78. The lowest BCUT2D eigenvalue weighted by molar-refractivity contribution is -0.0103. The molecule has 2 atom stereocenters. The maximum Gasteiger partial charge on any atom is 0.318 e. The molecule has 32 heavy (non-hydrogen) atoms. The molecule has 2 aromatic carbocycles. The Morgan fingerprint density at radius 2 is 1.41 bits per heavy atom. The minimum Gasteiger partial charge on any atom is -0.266 e. The van der Waals surface area contributed by atoms with Gasteiger partial charge in [0.15, 0.2) is 0 Å². The van der Waals surface area contributed by atoms with Gasteiger partial charge in [-0.05, 0) is 53.0 Å². The molecular weight excluding hydrogens is 426 g/mol. The predicted octanol–water partition coefficient (Wildman–Crippen LogP) is 5.24. The highest BCUT2D eigenvalue weighted by Crippen LogP contribution is 2.48. The molecule has 2 aromatic rings. The second kappa shape index (κ2) is 8.45. The average Bonchev–Trinajstić information content (AvgIpc) is 2.97. The van der Waals surface area contributed by atoms with Gasteiger partial charge in [-0.2, -0.15) is 8.42 Å². The molecule has 0 fully saturated rings. The summed E-state index contributed by atoms with van der Waals surface area (Å²) in [4.78, 5) is 24.7. The van der Waals surface area contributed by atoms with E-state index in [1.807, 2.05) is 0 Å². The topological polar surface area (TPSA) is 80.8 Å². The van der Waals surface area contributed by atoms with Gasteiger partial charge in [0.25, 0.3) is 11.8 Å². The second-order valence-corrected chi connectivity index (χ2v) is 11.3. The third-order valence-electron chi connectivity index (χ3n) is 7.13. The van der Waals surface area contributed by atoms with Crippen molar-refractivity contribution in [2.24, 2.45) is 16.7 Å². The summed E-state index contributed by atoms with van der Waals surface area (Å²) in [6.45, 7) is 13.4. The van der Waals surface area contributed by atoms with Gasteiger partial charge in [-0.15, -0.1) is 9.35 Å². The predicted molar refractivity (Wildman–Crippen MR) is 122 cm³/mol. The highest BCUT2D eigenvalue weighted by atomic mass is 32.2. The smallest absolute Gasteiger partial charge is 0.266 e. The number of hydrogen-bond acceptors (Lipinski definition) is 5. The molecule has 0 N–H and O–H groups in total. The van der Waals surface area contributed by atoms with Gasteiger partial charge in [0.1, 0.15) is 0 Å². The van der Waals surface area contributed by atoms with E-state index in [0.29, 0.717) is 11.0 Å². The van der Waals surface area contributed by atoms with Crippen molar-refractivity contribution in [3.05, 3.63) is 65.2 Å². The summed E-state index contributed by atoms with van der Waals surface area (Å²) in [7, 11) is -4.35. The fraction of sp³-hybridized carbons (Fsp3) is 0.440. The zero-order valence-corrected chi connectivity index (χ0v) is 20.3. The molecule has 172 valence electrons. The summed E-state index contributed by atoms with van der Waals surface area (Å²) in [5, 5.41) is 0.313. The normalized spacial score (nSPS) is 17.2. The summed E-state index contributed by atoms with van der Waals surface area (Å²) in [5.74, 6) is -1.11. The van der Waals surface area contributed by atoms with Crippen LogP contribution in [0.3, 0.4) is 0 Å². The van der Waals surface area contributed by atoms with Crippen molar-refractivity contribution in [3.8, 4) is 0 Å². The zero-order valence-electron chi connectivity index (χ0n) is 19.5. The van der Waals surface area contributed by atoms with Crippen molar-refractivity contribution in [2.75, 3.05) is 0 Å². The first kappa shape index (κ1) is 24.1. The van der Waals surface area contributed by atoms with Crippen LogP contribution in [-0.2, 0) is 20.8 Å². The number of rotatable bonds is 7. The number of amides is 2. The molecule has 3 rings (SSSR count). The van der Waals surface area contributed by atoms with Crippen LogP contribution in [0, 0.1) is 16.7 Å². The fourth-order valence-corrected chi connectivity index (χ4v) is 5.09. The quantitative estimate of drug-likeness (QED) is 0.531. The number of hydrogen-bond donors (Lipinski definition) is 0. The third kappa shape index (κ3) is 4.24. The van der Waals surface area contributed by atoms with Crippen LogP contribution in [0.4, 0.5) is 0 Å². The summed E-state index contributed by atoms with van der Waals surface area (Å²) >= 11 is 0. The van der Waals surface area contributed by atoms with Gasteiger partial charge in [-0.25, -0.2) is 0 Å². The van der Waals surface area contributed by atoms with Gasteiger partial charge >= 0.3 is 10.1 Å². The standard InChI is InChI=1S/C25H31NO5S/c1-7-17(2)25(6,24(3,4)5)16-18-12-14-19(15-13-18)32(29,30)31-26-22(27)20-10-8-9-11-21(20)23(26)28/h8-15,17H,7,16H2,1-6H3. The SMILES string of the molecule is CCC(C)C(C)(Cc1ccc(S(=O)(=O)ON2C(=O)c3ccccc3C2=O)cc1)C(C)(C)C. The molecule has 6 nitrogen and oxygen atoms in total. The molecule has 7 heteroatoms. The van der Waals surface area contributed by atoms with Gasteiger partial charge in [0, 0.05) is 0 Å². The maximum atomic E-state index is 12.8. The number of carbonyl (C=O) groups is 2. The molecule has 0 saturated heterocycles. The highest BCUT2D eigenvalue weighted by molar-refractivity contribution is 7.86. The van der Waals surface area contributed by atoms with Crippen molar-refractivity contribution < 1.29 is 22.3 Å². The molecule has 0 aromatic heterocycles. The van der Waals surface area contributed by atoms with E-state index in [2.05, 4.69) is 41.5 Å². The Morgan fingerprint density at radius 3 is 1.84 bits per heavy atom. The van der Waals surface area contributed by atoms with Crippen molar-refractivity contribution in [3.63, 3.8) is 0 Å². The minimum absolute atomic E-state index is 0.0127. The molecule has 2 unspecified atom stereocenters. The largest absolute Gasteiger partial charge is 0.318 e. The van der Waals surface area contributed by atoms with E-state index in [0.717, 1.165) is 18.4 Å². The Hall–Kier alpha value is -2.51. The Bertz CT molecular complexity index is 1100. The number of fused-ring (bicyclic) bond motifs is 1. The van der Waals surface area contributed by atoms with Gasteiger partial charge in [0.2, 0.25) is 0 Å². The molecule has 0 aliphatic carbocycles. The van der Waals surface area contributed by atoms with Gasteiger partial charge in [-0.3, -0.25) is 9.59 Å². The number of benzene rings is 2. The van der Waals surface area contributed by atoms with Crippen LogP contribution in [0.1, 0.15) is 74.2 Å². The van der Waals surface area contributed by atoms with Crippen LogP contribution in [0.25, 0.3) is 0 Å². The van der Waals surface area contributed by atoms with Crippen molar-refractivity contribution in [1.29, 1.82) is 0 Å². The molecule has 0 radical (unpaired) electrons. The first-order valence-corrected chi connectivity index (χ1v) is 12.2. The fourth-order valence-electron chi connectivity index (χ4n) is 4.20. The zero-order chi connectivity index (χ0) is 23.9. The van der Waals surface area contributed by atoms with Crippen LogP contribution in [0.2, 0.25) is 0 Å². The molecule has 1 heterocycles. The molecule has 1 aliphatic heterocycles. The number of imide groups is 1. The average molecular weight is 458 g/mol. The monoisotopic (exact) mass is 457 g/mol. The Labute approximate surface area is 190 Å². The van der Waals surface area contributed by atoms with E-state index >= 15 is 0 Å². The third-order valence-corrected chi connectivity index (χ3v) is 8.32. The summed E-state index contributed by atoms with van der Waals surface area (Å²) < 4.78 is 30.5. The molecule has 2 amide bonds. The summed E-state index contributed by atoms with van der Waals surface area (Å²) in [6.07, 6.45) is 1.85. The molecule has 0 bridgehead atoms. The number of carbonyl (C=O) groups excluding carboxylic acids is 2. The molecule has 0 saturated carbocycles. The van der Waals surface area contributed by atoms with Crippen molar-refractivity contribution in [2.45, 2.75) is 59.3 Å². The van der Waals surface area contributed by atoms with Crippen LogP contribution in [0.15, 0.2) is 53.4 Å². The van der Waals surface area contributed by atoms with E-state index in [1.54, 1.807) is 24.3 Å². The van der Waals surface area contributed by atoms with Crippen molar-refractivity contribution >= 4 is 21.9 Å². The highest BCUT2D eigenvalue weighted by Gasteiger charge is 2.42. The van der Waals surface area contributed by atoms with Gasteiger partial charge in [-0.1, -0.05) is 72.2 Å². The number of nitrogens with zero attached hydrogens (tertiary/aromatic N) is 1. The van der Waals surface area contributed by atoms with Crippen LogP contribution in [0.5, 0.6) is 0 Å². The Morgan fingerprint density at radius 1 is 0.906 bits per heavy atom. The van der Waals surface area contributed by atoms with Gasteiger partial charge in [0.05, 0.1) is 16.0 Å². The first-order valence-electron chi connectivity index (χ1n) is 10.8. The Kier molecular flexibility index (Phi) is 6.37. The molecular formula is C25H31NO5S. The Balaban J connectivity index is 1.81. The van der Waals surface area contributed by atoms with E-state index in [9.17, 15) is 18.0 Å². The first-order chi connectivity index (χ1) is 14.8. The molecule has 0 spiro atoms. The van der Waals surface area contributed by atoms with E-state index in [1.165, 1.54) is 24.3 Å². The summed E-state index contributed by atoms with van der Waals surface area (Å²) in [5.41, 5.74) is 1.33. The summed E-state index contributed by atoms with van der Waals surface area (Å²) in [6, 6.07) is 12.6. The molecule has 1 aliphatic rings. The lowest BCUT2D eigenvalue weighted by Crippen LogP contribution is -2.40. The number of hydroxylamine groups is 2. The van der Waals surface area contributed by atoms with Gasteiger partial charge < -0.3 is 0 Å². The van der Waals surface area contributed by atoms with Crippen molar-refractivity contribution in [1.82, 2.24) is 5.06 Å². The van der Waals surface area contributed by atoms with Crippen LogP contribution < -0.4 is 0 Å². The lowest BCUT2D eigenvalue weighted by Gasteiger charge is -2.47. The van der Waals surface area contributed by atoms with Crippen LogP contribution >= 0.6 is 0 Å². The van der Waals surface area contributed by atoms with Crippen LogP contribution in [-0.4, -0.2) is 25.3 Å². The maximum absolute atomic E-state index is 12.8. The lowest BCUT2D eigenvalue weighted by atomic mass is 9.58. The van der Waals surface area contributed by atoms with E-state index in [4.69, 9.17) is 4.28 Å². The van der Waals surface area contributed by atoms with E-state index in [-0.39, 0.29) is 26.9 Å². The minimum atomic E-state index is -4.35. The van der Waals surface area contributed by atoms with E-state index < -0.39 is 21.9 Å².